The van der Waals surface area contributed by atoms with E-state index in [0.29, 0.717) is 16.5 Å². The van der Waals surface area contributed by atoms with Crippen molar-refractivity contribution in [3.63, 3.8) is 0 Å². The number of hydrogen-bond donors (Lipinski definition) is 2. The quantitative estimate of drug-likeness (QED) is 0.734. The van der Waals surface area contributed by atoms with Crippen molar-refractivity contribution < 1.29 is 14.0 Å². The van der Waals surface area contributed by atoms with Crippen molar-refractivity contribution >= 4 is 28.3 Å². The van der Waals surface area contributed by atoms with Crippen LogP contribution in [0, 0.1) is 6.92 Å². The van der Waals surface area contributed by atoms with Crippen LogP contribution in [-0.2, 0) is 11.8 Å². The SMILES string of the molecule is Cc1occc1C(=O)NCC(=O)Nc1nc(-c2cnn(C)c2)cs1. The average Bonchev–Trinajstić information content (AvgIpc) is 3.26. The van der Waals surface area contributed by atoms with Gasteiger partial charge in [0.15, 0.2) is 5.13 Å². The van der Waals surface area contributed by atoms with Gasteiger partial charge in [-0.1, -0.05) is 0 Å². The van der Waals surface area contributed by atoms with Crippen LogP contribution in [-0.4, -0.2) is 33.1 Å². The highest BCUT2D eigenvalue weighted by molar-refractivity contribution is 7.14. The highest BCUT2D eigenvalue weighted by Crippen LogP contribution is 2.24. The maximum Gasteiger partial charge on any atom is 0.255 e. The molecule has 0 aliphatic carbocycles. The molecule has 3 rings (SSSR count). The van der Waals surface area contributed by atoms with Gasteiger partial charge >= 0.3 is 0 Å². The van der Waals surface area contributed by atoms with Gasteiger partial charge in [-0.2, -0.15) is 5.10 Å². The molecule has 0 aliphatic rings. The Kier molecular flexibility index (Phi) is 4.43. The standard InChI is InChI=1S/C15H15N5O3S/c1-9-11(3-4-23-9)14(22)16-6-13(21)19-15-18-12(8-24-15)10-5-17-20(2)7-10/h3-5,7-8H,6H2,1-2H3,(H,16,22)(H,18,19,21). The second-order valence-corrected chi connectivity index (χ2v) is 5.92. The molecular weight excluding hydrogens is 330 g/mol. The Balaban J connectivity index is 1.55. The molecule has 0 aliphatic heterocycles. The Labute approximate surface area is 141 Å². The lowest BCUT2D eigenvalue weighted by Gasteiger charge is -2.04. The van der Waals surface area contributed by atoms with Crippen molar-refractivity contribution in [1.29, 1.82) is 0 Å². The first-order valence-electron chi connectivity index (χ1n) is 7.09. The van der Waals surface area contributed by atoms with E-state index in [2.05, 4.69) is 20.7 Å². The topological polar surface area (TPSA) is 102 Å². The molecule has 0 spiro atoms. The number of carbonyl (C=O) groups is 2. The van der Waals surface area contributed by atoms with E-state index in [9.17, 15) is 9.59 Å². The van der Waals surface area contributed by atoms with Crippen LogP contribution in [0.4, 0.5) is 5.13 Å². The third kappa shape index (κ3) is 3.51. The molecule has 8 nitrogen and oxygen atoms in total. The Hall–Kier alpha value is -2.94. The van der Waals surface area contributed by atoms with E-state index in [-0.39, 0.29) is 18.4 Å². The second kappa shape index (κ2) is 6.67. The van der Waals surface area contributed by atoms with Crippen LogP contribution in [0.2, 0.25) is 0 Å². The Bertz CT molecular complexity index is 879. The zero-order valence-corrected chi connectivity index (χ0v) is 13.9. The minimum Gasteiger partial charge on any atom is -0.469 e. The normalized spacial score (nSPS) is 10.6. The summed E-state index contributed by atoms with van der Waals surface area (Å²) >= 11 is 1.31. The molecule has 3 aromatic rings. The molecule has 0 radical (unpaired) electrons. The average molecular weight is 345 g/mol. The molecule has 3 aromatic heterocycles. The summed E-state index contributed by atoms with van der Waals surface area (Å²) < 4.78 is 6.74. The first kappa shape index (κ1) is 15.9. The number of furan rings is 1. The smallest absolute Gasteiger partial charge is 0.255 e. The number of thiazole rings is 1. The van der Waals surface area contributed by atoms with Crippen molar-refractivity contribution in [3.05, 3.63) is 41.4 Å². The summed E-state index contributed by atoms with van der Waals surface area (Å²) in [4.78, 5) is 28.2. The lowest BCUT2D eigenvalue weighted by atomic mass is 10.2. The van der Waals surface area contributed by atoms with E-state index in [1.54, 1.807) is 23.9 Å². The highest BCUT2D eigenvalue weighted by atomic mass is 32.1. The number of amides is 2. The van der Waals surface area contributed by atoms with Gasteiger partial charge in [-0.05, 0) is 13.0 Å². The molecule has 9 heteroatoms. The van der Waals surface area contributed by atoms with Crippen LogP contribution in [0.15, 0.2) is 34.5 Å². The maximum atomic E-state index is 11.9. The van der Waals surface area contributed by atoms with Gasteiger partial charge in [-0.15, -0.1) is 11.3 Å². The van der Waals surface area contributed by atoms with Gasteiger partial charge in [-0.25, -0.2) is 4.98 Å². The number of carbonyl (C=O) groups excluding carboxylic acids is 2. The van der Waals surface area contributed by atoms with E-state index in [0.717, 1.165) is 11.3 Å². The van der Waals surface area contributed by atoms with Gasteiger partial charge in [0.2, 0.25) is 5.91 Å². The number of rotatable bonds is 5. The van der Waals surface area contributed by atoms with Gasteiger partial charge in [0, 0.05) is 24.2 Å². The first-order chi connectivity index (χ1) is 11.5. The van der Waals surface area contributed by atoms with Gasteiger partial charge < -0.3 is 15.1 Å². The molecule has 0 aromatic carbocycles. The molecule has 0 unspecified atom stereocenters. The summed E-state index contributed by atoms with van der Waals surface area (Å²) in [5.74, 6) is -0.197. The first-order valence-corrected chi connectivity index (χ1v) is 7.97. The Morgan fingerprint density at radius 2 is 2.25 bits per heavy atom. The number of nitrogens with one attached hydrogen (secondary N) is 2. The minimum atomic E-state index is -0.355. The third-order valence-corrected chi connectivity index (χ3v) is 4.02. The number of nitrogens with zero attached hydrogens (tertiary/aromatic N) is 3. The van der Waals surface area contributed by atoms with Crippen molar-refractivity contribution in [2.45, 2.75) is 6.92 Å². The number of hydrogen-bond acceptors (Lipinski definition) is 6. The van der Waals surface area contributed by atoms with Crippen LogP contribution in [0.25, 0.3) is 11.3 Å². The van der Waals surface area contributed by atoms with E-state index in [1.165, 1.54) is 17.6 Å². The Morgan fingerprint density at radius 3 is 2.92 bits per heavy atom. The molecule has 0 atom stereocenters. The largest absolute Gasteiger partial charge is 0.469 e. The lowest BCUT2D eigenvalue weighted by Crippen LogP contribution is -2.32. The van der Waals surface area contributed by atoms with Crippen molar-refractivity contribution in [2.75, 3.05) is 11.9 Å². The fourth-order valence-electron chi connectivity index (χ4n) is 2.06. The van der Waals surface area contributed by atoms with Gasteiger partial charge in [0.25, 0.3) is 5.91 Å². The van der Waals surface area contributed by atoms with Gasteiger partial charge in [-0.3, -0.25) is 14.3 Å². The van der Waals surface area contributed by atoms with Crippen molar-refractivity contribution in [2.24, 2.45) is 7.05 Å². The lowest BCUT2D eigenvalue weighted by molar-refractivity contribution is -0.115. The summed E-state index contributed by atoms with van der Waals surface area (Å²) in [6.07, 6.45) is 4.97. The second-order valence-electron chi connectivity index (χ2n) is 5.06. The van der Waals surface area contributed by atoms with Crippen LogP contribution >= 0.6 is 11.3 Å². The van der Waals surface area contributed by atoms with Crippen LogP contribution in [0.3, 0.4) is 0 Å². The van der Waals surface area contributed by atoms with Crippen LogP contribution in [0.5, 0.6) is 0 Å². The maximum absolute atomic E-state index is 11.9. The van der Waals surface area contributed by atoms with Gasteiger partial charge in [0.1, 0.15) is 5.76 Å². The number of aromatic nitrogens is 3. The van der Waals surface area contributed by atoms with Gasteiger partial charge in [0.05, 0.1) is 30.3 Å². The highest BCUT2D eigenvalue weighted by Gasteiger charge is 2.13. The zero-order valence-electron chi connectivity index (χ0n) is 13.1. The summed E-state index contributed by atoms with van der Waals surface area (Å²) in [6, 6.07) is 1.56. The van der Waals surface area contributed by atoms with E-state index in [1.807, 2.05) is 18.6 Å². The van der Waals surface area contributed by atoms with Crippen molar-refractivity contribution in [1.82, 2.24) is 20.1 Å². The zero-order chi connectivity index (χ0) is 17.1. The molecule has 0 fully saturated rings. The molecule has 3 heterocycles. The summed E-state index contributed by atoms with van der Waals surface area (Å²) in [5, 5.41) is 11.6. The minimum absolute atomic E-state index is 0.148. The van der Waals surface area contributed by atoms with Crippen LogP contribution < -0.4 is 10.6 Å². The summed E-state index contributed by atoms with van der Waals surface area (Å²) in [6.45, 7) is 1.54. The molecular formula is C15H15N5O3S. The molecule has 24 heavy (non-hydrogen) atoms. The summed E-state index contributed by atoms with van der Waals surface area (Å²) in [5.41, 5.74) is 2.02. The van der Waals surface area contributed by atoms with E-state index < -0.39 is 0 Å². The third-order valence-electron chi connectivity index (χ3n) is 3.26. The predicted molar refractivity (Wildman–Crippen MR) is 88.7 cm³/mol. The van der Waals surface area contributed by atoms with E-state index >= 15 is 0 Å². The Morgan fingerprint density at radius 1 is 1.42 bits per heavy atom. The number of aryl methyl sites for hydroxylation is 2. The molecule has 0 bridgehead atoms. The fourth-order valence-corrected chi connectivity index (χ4v) is 2.79. The predicted octanol–water partition coefficient (Wildman–Crippen LogP) is 1.81. The fraction of sp³-hybridized carbons (Fsp3) is 0.200. The number of anilines is 1. The summed E-state index contributed by atoms with van der Waals surface area (Å²) in [7, 11) is 1.82. The monoisotopic (exact) mass is 345 g/mol. The molecule has 0 saturated carbocycles. The van der Waals surface area contributed by atoms with Crippen molar-refractivity contribution in [3.8, 4) is 11.3 Å². The van der Waals surface area contributed by atoms with Crippen LogP contribution in [0.1, 0.15) is 16.1 Å². The van der Waals surface area contributed by atoms with E-state index in [4.69, 9.17) is 4.42 Å². The molecule has 124 valence electrons. The molecule has 2 amide bonds. The molecule has 2 N–H and O–H groups in total. The molecule has 0 saturated heterocycles.